The Balaban J connectivity index is 1.47. The van der Waals surface area contributed by atoms with E-state index >= 15 is 0 Å². The van der Waals surface area contributed by atoms with Gasteiger partial charge in [0, 0.05) is 35.0 Å². The maximum atomic E-state index is 13.5. The fraction of sp³-hybridized carbons (Fsp3) is 0.0667. The van der Waals surface area contributed by atoms with Crippen molar-refractivity contribution in [1.82, 2.24) is 24.3 Å². The standard InChI is InChI=1S/C30H21ClN6O4S/c31-26-7-6-22(42-26)17-34-27-16-23(35-37(27)30(40)29-33-12-13-41-29)24-14-21(19-8-10-32-11-9-19)15-28(39)36(24)18-25(38)20-4-2-1-3-5-20/h1-16,34H,17-18H2. The van der Waals surface area contributed by atoms with Crippen molar-refractivity contribution in [2.75, 3.05) is 5.32 Å². The number of thiophene rings is 1. The van der Waals surface area contributed by atoms with Gasteiger partial charge in [0.25, 0.3) is 11.4 Å². The number of oxazole rings is 1. The van der Waals surface area contributed by atoms with E-state index in [2.05, 4.69) is 20.4 Å². The number of halogens is 1. The molecule has 0 saturated carbocycles. The zero-order valence-electron chi connectivity index (χ0n) is 21.8. The van der Waals surface area contributed by atoms with E-state index in [1.54, 1.807) is 67.0 Å². The molecule has 1 aromatic carbocycles. The Labute approximate surface area is 247 Å². The number of aromatic nitrogens is 5. The Morgan fingerprint density at radius 2 is 1.76 bits per heavy atom. The van der Waals surface area contributed by atoms with Crippen LogP contribution in [0.1, 0.15) is 25.9 Å². The van der Waals surface area contributed by atoms with Crippen molar-refractivity contribution >= 4 is 40.4 Å². The van der Waals surface area contributed by atoms with Crippen molar-refractivity contribution in [2.45, 2.75) is 13.1 Å². The number of Topliss-reactive ketones (excluding diaryl/α,β-unsaturated/α-hetero) is 1. The van der Waals surface area contributed by atoms with Gasteiger partial charge in [-0.25, -0.2) is 4.98 Å². The summed E-state index contributed by atoms with van der Waals surface area (Å²) >= 11 is 7.49. The number of rotatable bonds is 9. The number of nitrogens with one attached hydrogen (secondary N) is 1. The van der Waals surface area contributed by atoms with E-state index in [1.807, 2.05) is 12.1 Å². The second-order valence-electron chi connectivity index (χ2n) is 9.11. The molecular weight excluding hydrogens is 576 g/mol. The summed E-state index contributed by atoms with van der Waals surface area (Å²) in [6.45, 7) is 0.129. The lowest BCUT2D eigenvalue weighted by molar-refractivity contribution is 0.0911. The van der Waals surface area contributed by atoms with E-state index in [1.165, 1.54) is 34.4 Å². The Morgan fingerprint density at radius 3 is 2.48 bits per heavy atom. The fourth-order valence-corrected chi connectivity index (χ4v) is 5.40. The maximum Gasteiger partial charge on any atom is 0.335 e. The Bertz CT molecular complexity index is 1930. The molecule has 12 heteroatoms. The molecule has 5 heterocycles. The molecule has 1 N–H and O–H groups in total. The van der Waals surface area contributed by atoms with Gasteiger partial charge in [-0.3, -0.25) is 23.9 Å². The number of carbonyl (C=O) groups excluding carboxylic acids is 2. The first kappa shape index (κ1) is 27.1. The molecule has 10 nitrogen and oxygen atoms in total. The van der Waals surface area contributed by atoms with Crippen LogP contribution < -0.4 is 10.9 Å². The van der Waals surface area contributed by atoms with Crippen LogP contribution in [0.25, 0.3) is 22.5 Å². The van der Waals surface area contributed by atoms with Crippen LogP contribution in [0.3, 0.4) is 0 Å². The Morgan fingerprint density at radius 1 is 0.952 bits per heavy atom. The van der Waals surface area contributed by atoms with E-state index in [-0.39, 0.29) is 23.9 Å². The summed E-state index contributed by atoms with van der Waals surface area (Å²) in [6, 6.07) is 20.8. The normalized spacial score (nSPS) is 11.0. The third-order valence-electron chi connectivity index (χ3n) is 6.39. The molecule has 0 aliphatic rings. The van der Waals surface area contributed by atoms with E-state index in [0.717, 1.165) is 15.1 Å². The van der Waals surface area contributed by atoms with Crippen molar-refractivity contribution in [3.63, 3.8) is 0 Å². The van der Waals surface area contributed by atoms with Gasteiger partial charge in [0.2, 0.25) is 0 Å². The third-order valence-corrected chi connectivity index (χ3v) is 7.62. The Kier molecular flexibility index (Phi) is 7.58. The minimum absolute atomic E-state index is 0.158. The van der Waals surface area contributed by atoms with Crippen LogP contribution in [0, 0.1) is 0 Å². The lowest BCUT2D eigenvalue weighted by atomic mass is 10.1. The first-order valence-corrected chi connectivity index (χ1v) is 13.9. The average molecular weight is 597 g/mol. The number of benzene rings is 1. The SMILES string of the molecule is O=C(Cn1c(-c2cc(NCc3ccc(Cl)s3)n(C(=O)c3ncco3)n2)cc(-c2ccncc2)cc1=O)c1ccccc1. The molecule has 5 aromatic heterocycles. The molecule has 0 aliphatic carbocycles. The lowest BCUT2D eigenvalue weighted by Crippen LogP contribution is -2.25. The molecular formula is C30H21ClN6O4S. The van der Waals surface area contributed by atoms with Crippen molar-refractivity contribution in [2.24, 2.45) is 0 Å². The minimum Gasteiger partial charge on any atom is -0.441 e. The van der Waals surface area contributed by atoms with Crippen LogP contribution in [0.2, 0.25) is 4.34 Å². The summed E-state index contributed by atoms with van der Waals surface area (Å²) in [5.74, 6) is -0.689. The second kappa shape index (κ2) is 11.8. The zero-order chi connectivity index (χ0) is 29.1. The maximum absolute atomic E-state index is 13.5. The predicted molar refractivity (Wildman–Crippen MR) is 159 cm³/mol. The molecule has 0 radical (unpaired) electrons. The number of hydrogen-bond acceptors (Lipinski definition) is 9. The molecule has 0 spiro atoms. The molecule has 0 amide bonds. The van der Waals surface area contributed by atoms with Crippen LogP contribution in [0.5, 0.6) is 0 Å². The van der Waals surface area contributed by atoms with E-state index in [9.17, 15) is 14.4 Å². The average Bonchev–Trinajstić information content (AvgIpc) is 3.79. The summed E-state index contributed by atoms with van der Waals surface area (Å²) in [7, 11) is 0. The van der Waals surface area contributed by atoms with Crippen molar-refractivity contribution in [3.8, 4) is 22.5 Å². The highest BCUT2D eigenvalue weighted by atomic mass is 35.5. The number of nitrogens with zero attached hydrogens (tertiary/aromatic N) is 5. The highest BCUT2D eigenvalue weighted by molar-refractivity contribution is 7.16. The Hall–Kier alpha value is -5.13. The summed E-state index contributed by atoms with van der Waals surface area (Å²) < 4.78 is 8.35. The summed E-state index contributed by atoms with van der Waals surface area (Å²) in [5, 5.41) is 7.79. The van der Waals surface area contributed by atoms with Gasteiger partial charge in [0.1, 0.15) is 17.8 Å². The van der Waals surface area contributed by atoms with Gasteiger partial charge in [0.05, 0.1) is 29.3 Å². The summed E-state index contributed by atoms with van der Waals surface area (Å²) in [5.41, 5.74) is 2.07. The van der Waals surface area contributed by atoms with Gasteiger partial charge in [-0.1, -0.05) is 41.9 Å². The van der Waals surface area contributed by atoms with Gasteiger partial charge in [0.15, 0.2) is 5.78 Å². The van der Waals surface area contributed by atoms with Crippen LogP contribution in [-0.2, 0) is 13.1 Å². The fourth-order valence-electron chi connectivity index (χ4n) is 4.37. The molecule has 42 heavy (non-hydrogen) atoms. The highest BCUT2D eigenvalue weighted by Crippen LogP contribution is 2.28. The number of hydrogen-bond donors (Lipinski definition) is 1. The summed E-state index contributed by atoms with van der Waals surface area (Å²) in [4.78, 5) is 49.1. The predicted octanol–water partition coefficient (Wildman–Crippen LogP) is 5.66. The van der Waals surface area contributed by atoms with Crippen molar-refractivity contribution in [3.05, 3.63) is 129 Å². The van der Waals surface area contributed by atoms with E-state index in [0.29, 0.717) is 33.5 Å². The first-order valence-electron chi connectivity index (χ1n) is 12.7. The van der Waals surface area contributed by atoms with Crippen molar-refractivity contribution < 1.29 is 14.0 Å². The number of anilines is 1. The second-order valence-corrected chi connectivity index (χ2v) is 10.9. The molecule has 0 unspecified atom stereocenters. The first-order chi connectivity index (χ1) is 20.5. The monoisotopic (exact) mass is 596 g/mol. The van der Waals surface area contributed by atoms with Crippen LogP contribution >= 0.6 is 22.9 Å². The van der Waals surface area contributed by atoms with E-state index < -0.39 is 11.5 Å². The molecule has 6 rings (SSSR count). The van der Waals surface area contributed by atoms with Crippen LogP contribution in [0.15, 0.2) is 107 Å². The van der Waals surface area contributed by atoms with Crippen LogP contribution in [-0.4, -0.2) is 36.0 Å². The van der Waals surface area contributed by atoms with Crippen LogP contribution in [0.4, 0.5) is 5.82 Å². The molecule has 0 aliphatic heterocycles. The molecule has 6 aromatic rings. The van der Waals surface area contributed by atoms with Crippen molar-refractivity contribution in [1.29, 1.82) is 0 Å². The number of ketones is 1. The van der Waals surface area contributed by atoms with Gasteiger partial charge in [-0.05, 0) is 41.5 Å². The highest BCUT2D eigenvalue weighted by Gasteiger charge is 2.23. The molecule has 0 bridgehead atoms. The van der Waals surface area contributed by atoms with E-state index in [4.69, 9.17) is 16.0 Å². The van der Waals surface area contributed by atoms with Gasteiger partial charge in [-0.2, -0.15) is 9.78 Å². The largest absolute Gasteiger partial charge is 0.441 e. The lowest BCUT2D eigenvalue weighted by Gasteiger charge is -2.13. The smallest absolute Gasteiger partial charge is 0.335 e. The minimum atomic E-state index is -0.613. The van der Waals surface area contributed by atoms with Gasteiger partial charge >= 0.3 is 5.91 Å². The topological polar surface area (TPSA) is 125 Å². The van der Waals surface area contributed by atoms with Gasteiger partial charge in [-0.15, -0.1) is 11.3 Å². The summed E-state index contributed by atoms with van der Waals surface area (Å²) in [6.07, 6.45) is 5.91. The zero-order valence-corrected chi connectivity index (χ0v) is 23.4. The number of carbonyl (C=O) groups is 2. The molecule has 208 valence electrons. The molecule has 0 saturated heterocycles. The third kappa shape index (κ3) is 5.69. The molecule has 0 fully saturated rings. The quantitative estimate of drug-likeness (QED) is 0.212. The number of pyridine rings is 2. The van der Waals surface area contributed by atoms with Gasteiger partial charge < -0.3 is 9.73 Å². The molecule has 0 atom stereocenters.